The van der Waals surface area contributed by atoms with Crippen molar-refractivity contribution in [2.75, 3.05) is 6.61 Å². The summed E-state index contributed by atoms with van der Waals surface area (Å²) in [6, 6.07) is 0. The number of carbonyl (C=O) groups is 3. The summed E-state index contributed by atoms with van der Waals surface area (Å²) in [5.41, 5.74) is -2.69. The van der Waals surface area contributed by atoms with Crippen molar-refractivity contribution < 1.29 is 33.7 Å². The van der Waals surface area contributed by atoms with Crippen LogP contribution in [-0.4, -0.2) is 52.2 Å². The third-order valence-electron chi connectivity index (χ3n) is 9.00. The van der Waals surface area contributed by atoms with Gasteiger partial charge in [0.15, 0.2) is 11.6 Å². The summed E-state index contributed by atoms with van der Waals surface area (Å²) in [4.78, 5) is 36.5. The zero-order valence-electron chi connectivity index (χ0n) is 17.8. The number of aliphatic hydroxyl groups excluding tert-OH is 1. The number of esters is 1. The quantitative estimate of drug-likeness (QED) is 0.677. The second kappa shape index (κ2) is 6.95. The van der Waals surface area contributed by atoms with Gasteiger partial charge in [0.1, 0.15) is 24.5 Å². The Morgan fingerprint density at radius 2 is 2.00 bits per heavy atom. The van der Waals surface area contributed by atoms with Gasteiger partial charge in [-0.05, 0) is 50.0 Å². The first-order valence-corrected chi connectivity index (χ1v) is 10.9. The molecule has 0 amide bonds. The van der Waals surface area contributed by atoms with E-state index >= 15 is 4.39 Å². The second-order valence-corrected chi connectivity index (χ2v) is 10.2. The molecule has 4 rings (SSSR count). The standard InChI is InChI=1S/C23H31FO6/c1-12(26)30-17-10-21(2)16(6-7-23(21,29)19(28)11-25)15-5-4-13-8-14(27)9-18(24)22(13,3)20(15)17/h8,15-18,20,25,29H,4-7,9-11H2,1-3H3/t15-,16-,17-,18?,20+,21-,22+,23-/m0/s1. The third kappa shape index (κ3) is 2.70. The largest absolute Gasteiger partial charge is 0.462 e. The van der Waals surface area contributed by atoms with Gasteiger partial charge in [0.25, 0.3) is 0 Å². The minimum Gasteiger partial charge on any atom is -0.462 e. The molecule has 0 aromatic carbocycles. The highest BCUT2D eigenvalue weighted by Gasteiger charge is 2.70. The minimum absolute atomic E-state index is 0.0535. The van der Waals surface area contributed by atoms with Crippen molar-refractivity contribution in [2.24, 2.45) is 28.6 Å². The van der Waals surface area contributed by atoms with E-state index in [9.17, 15) is 24.6 Å². The van der Waals surface area contributed by atoms with Crippen LogP contribution in [-0.2, 0) is 19.1 Å². The Morgan fingerprint density at radius 1 is 1.30 bits per heavy atom. The van der Waals surface area contributed by atoms with Crippen molar-refractivity contribution in [1.29, 1.82) is 0 Å². The molecule has 4 aliphatic rings. The molecule has 3 saturated carbocycles. The van der Waals surface area contributed by atoms with E-state index in [2.05, 4.69) is 0 Å². The van der Waals surface area contributed by atoms with Crippen LogP contribution in [0.5, 0.6) is 0 Å². The topological polar surface area (TPSA) is 101 Å². The normalized spacial score (nSPS) is 47.6. The smallest absolute Gasteiger partial charge is 0.302 e. The Labute approximate surface area is 175 Å². The fourth-order valence-corrected chi connectivity index (χ4v) is 7.57. The number of allylic oxidation sites excluding steroid dienone is 1. The molecule has 0 spiro atoms. The summed E-state index contributed by atoms with van der Waals surface area (Å²) in [5.74, 6) is -1.74. The fourth-order valence-electron chi connectivity index (χ4n) is 7.57. The fraction of sp³-hybridized carbons (Fsp3) is 0.783. The van der Waals surface area contributed by atoms with E-state index in [1.165, 1.54) is 6.92 Å². The van der Waals surface area contributed by atoms with Gasteiger partial charge in [-0.15, -0.1) is 0 Å². The molecule has 3 fully saturated rings. The number of ether oxygens (including phenoxy) is 1. The van der Waals surface area contributed by atoms with Gasteiger partial charge in [-0.2, -0.15) is 0 Å². The maximum atomic E-state index is 15.5. The predicted octanol–water partition coefficient (Wildman–Crippen LogP) is 2.30. The van der Waals surface area contributed by atoms with Crippen LogP contribution in [0.25, 0.3) is 0 Å². The highest BCUT2D eigenvalue weighted by Crippen LogP contribution is 2.68. The number of ketones is 2. The highest BCUT2D eigenvalue weighted by atomic mass is 19.1. The molecule has 1 unspecified atom stereocenters. The molecular formula is C23H31FO6. The number of Topliss-reactive ketones (excluding diaryl/α,β-unsaturated/α-hetero) is 1. The van der Waals surface area contributed by atoms with Crippen molar-refractivity contribution in [3.05, 3.63) is 11.6 Å². The van der Waals surface area contributed by atoms with E-state index in [0.717, 1.165) is 5.57 Å². The van der Waals surface area contributed by atoms with Gasteiger partial charge < -0.3 is 14.9 Å². The Morgan fingerprint density at radius 3 is 2.63 bits per heavy atom. The highest BCUT2D eigenvalue weighted by molar-refractivity contribution is 5.92. The van der Waals surface area contributed by atoms with Crippen LogP contribution in [0.1, 0.15) is 59.3 Å². The molecule has 166 valence electrons. The van der Waals surface area contributed by atoms with Crippen LogP contribution in [0.2, 0.25) is 0 Å². The van der Waals surface area contributed by atoms with E-state index in [0.29, 0.717) is 19.3 Å². The molecule has 0 heterocycles. The van der Waals surface area contributed by atoms with Gasteiger partial charge in [0, 0.05) is 30.1 Å². The van der Waals surface area contributed by atoms with Gasteiger partial charge in [0.05, 0.1) is 0 Å². The molecule has 0 bridgehead atoms. The van der Waals surface area contributed by atoms with Crippen molar-refractivity contribution in [1.82, 2.24) is 0 Å². The lowest BCUT2D eigenvalue weighted by Crippen LogP contribution is -2.64. The van der Waals surface area contributed by atoms with Crippen molar-refractivity contribution in [3.63, 3.8) is 0 Å². The minimum atomic E-state index is -1.69. The van der Waals surface area contributed by atoms with Gasteiger partial charge in [-0.3, -0.25) is 14.4 Å². The lowest BCUT2D eigenvalue weighted by molar-refractivity contribution is -0.199. The molecule has 30 heavy (non-hydrogen) atoms. The molecule has 0 aliphatic heterocycles. The molecule has 0 saturated heterocycles. The molecular weight excluding hydrogens is 391 g/mol. The zero-order valence-corrected chi connectivity index (χ0v) is 17.8. The SMILES string of the molecule is CC(=O)O[C@H]1C[C@@]2(C)[C@@H](CC[C@]2(O)C(=O)CO)[C@@H]2CCC3=CC(=O)CC(F)[C@]3(C)[C@H]21. The van der Waals surface area contributed by atoms with Gasteiger partial charge in [-0.25, -0.2) is 4.39 Å². The van der Waals surface area contributed by atoms with E-state index < -0.39 is 47.1 Å². The van der Waals surface area contributed by atoms with Crippen LogP contribution in [0.3, 0.4) is 0 Å². The Balaban J connectivity index is 1.82. The number of hydrogen-bond donors (Lipinski definition) is 2. The Hall–Kier alpha value is -1.60. The number of hydrogen-bond acceptors (Lipinski definition) is 6. The monoisotopic (exact) mass is 422 g/mol. The summed E-state index contributed by atoms with van der Waals surface area (Å²) < 4.78 is 21.2. The Bertz CT molecular complexity index is 823. The summed E-state index contributed by atoms with van der Waals surface area (Å²) in [5, 5.41) is 20.8. The van der Waals surface area contributed by atoms with E-state index in [1.54, 1.807) is 6.08 Å². The van der Waals surface area contributed by atoms with Crippen molar-refractivity contribution in [3.8, 4) is 0 Å². The lowest BCUT2D eigenvalue weighted by atomic mass is 9.45. The predicted molar refractivity (Wildman–Crippen MR) is 105 cm³/mol. The van der Waals surface area contributed by atoms with Gasteiger partial charge in [0.2, 0.25) is 0 Å². The summed E-state index contributed by atoms with van der Waals surface area (Å²) in [7, 11) is 0. The van der Waals surface area contributed by atoms with Crippen molar-refractivity contribution >= 4 is 17.5 Å². The van der Waals surface area contributed by atoms with Crippen LogP contribution in [0.15, 0.2) is 11.6 Å². The molecule has 4 aliphatic carbocycles. The van der Waals surface area contributed by atoms with Gasteiger partial charge in [-0.1, -0.05) is 19.4 Å². The number of aliphatic hydroxyl groups is 2. The number of halogens is 1. The number of alkyl halides is 1. The first kappa shape index (κ1) is 21.6. The van der Waals surface area contributed by atoms with Gasteiger partial charge >= 0.3 is 5.97 Å². The van der Waals surface area contributed by atoms with E-state index in [1.807, 2.05) is 13.8 Å². The summed E-state index contributed by atoms with van der Waals surface area (Å²) >= 11 is 0. The first-order valence-electron chi connectivity index (χ1n) is 10.9. The van der Waals surface area contributed by atoms with Crippen molar-refractivity contribution in [2.45, 2.75) is 77.2 Å². The zero-order chi connectivity index (χ0) is 22.1. The maximum Gasteiger partial charge on any atom is 0.302 e. The number of carbonyl (C=O) groups excluding carboxylic acids is 3. The molecule has 6 nitrogen and oxygen atoms in total. The first-order chi connectivity index (χ1) is 14.0. The van der Waals surface area contributed by atoms with E-state index in [-0.39, 0.29) is 42.8 Å². The molecule has 0 aromatic rings. The molecule has 0 aromatic heterocycles. The Kier molecular flexibility index (Phi) is 5.01. The summed E-state index contributed by atoms with van der Waals surface area (Å²) in [6.07, 6.45) is 1.69. The van der Waals surface area contributed by atoms with Crippen LogP contribution in [0, 0.1) is 28.6 Å². The maximum absolute atomic E-state index is 15.5. The third-order valence-corrected chi connectivity index (χ3v) is 9.00. The average molecular weight is 422 g/mol. The molecule has 0 radical (unpaired) electrons. The van der Waals surface area contributed by atoms with Crippen LogP contribution >= 0.6 is 0 Å². The van der Waals surface area contributed by atoms with Crippen LogP contribution < -0.4 is 0 Å². The van der Waals surface area contributed by atoms with Crippen LogP contribution in [0.4, 0.5) is 4.39 Å². The molecule has 2 N–H and O–H groups in total. The van der Waals surface area contributed by atoms with E-state index in [4.69, 9.17) is 4.74 Å². The second-order valence-electron chi connectivity index (χ2n) is 10.2. The molecule has 8 atom stereocenters. The number of rotatable bonds is 3. The number of fused-ring (bicyclic) bond motifs is 5. The molecule has 7 heteroatoms. The lowest BCUT2D eigenvalue weighted by Gasteiger charge is -2.61. The average Bonchev–Trinajstić information content (AvgIpc) is 2.93. The summed E-state index contributed by atoms with van der Waals surface area (Å²) in [6.45, 7) is 4.24.